The van der Waals surface area contributed by atoms with E-state index in [-0.39, 0.29) is 16.4 Å². The van der Waals surface area contributed by atoms with E-state index < -0.39 is 4.92 Å². The maximum Gasteiger partial charge on any atom is 0.307 e. The number of hydrogen-bond donors (Lipinski definition) is 2. The van der Waals surface area contributed by atoms with Gasteiger partial charge in [-0.2, -0.15) is 0 Å². The van der Waals surface area contributed by atoms with Crippen LogP contribution in [0.25, 0.3) is 11.6 Å². The summed E-state index contributed by atoms with van der Waals surface area (Å²) in [5, 5.41) is 20.5. The fourth-order valence-corrected chi connectivity index (χ4v) is 2.80. The molecular formula is C13H9N3O4S. The van der Waals surface area contributed by atoms with Gasteiger partial charge in [0.05, 0.1) is 15.5 Å². The third-order valence-corrected chi connectivity index (χ3v) is 3.91. The van der Waals surface area contributed by atoms with Gasteiger partial charge in [-0.05, 0) is 19.1 Å². The van der Waals surface area contributed by atoms with Crippen LogP contribution in [0.5, 0.6) is 5.88 Å². The van der Waals surface area contributed by atoms with Gasteiger partial charge in [0, 0.05) is 29.0 Å². The van der Waals surface area contributed by atoms with Crippen molar-refractivity contribution in [3.05, 3.63) is 48.4 Å². The van der Waals surface area contributed by atoms with Crippen molar-refractivity contribution in [2.75, 3.05) is 0 Å². The molecule has 0 bridgehead atoms. The van der Waals surface area contributed by atoms with Crippen LogP contribution in [0, 0.1) is 10.1 Å². The molecular weight excluding hydrogens is 294 g/mol. The second-order valence-electron chi connectivity index (χ2n) is 4.44. The number of non-ortho nitro benzene ring substituents is 1. The van der Waals surface area contributed by atoms with Crippen molar-refractivity contribution in [1.82, 2.24) is 4.98 Å². The molecule has 1 aromatic carbocycles. The number of thiazole rings is 1. The molecule has 21 heavy (non-hydrogen) atoms. The number of nitro benzene ring substituents is 1. The van der Waals surface area contributed by atoms with Crippen LogP contribution in [0.1, 0.15) is 17.4 Å². The first-order valence-corrected chi connectivity index (χ1v) is 6.75. The van der Waals surface area contributed by atoms with Gasteiger partial charge in [0.15, 0.2) is 0 Å². The Morgan fingerprint density at radius 1 is 1.48 bits per heavy atom. The van der Waals surface area contributed by atoms with Crippen molar-refractivity contribution in [2.24, 2.45) is 4.99 Å². The van der Waals surface area contributed by atoms with Crippen molar-refractivity contribution in [1.29, 1.82) is 0 Å². The Morgan fingerprint density at radius 2 is 2.24 bits per heavy atom. The number of aromatic hydroxyl groups is 1. The molecule has 3 rings (SSSR count). The number of benzene rings is 1. The number of nitrogens with zero attached hydrogens (tertiary/aromatic N) is 2. The third kappa shape index (κ3) is 2.25. The molecule has 1 aromatic heterocycles. The van der Waals surface area contributed by atoms with E-state index >= 15 is 0 Å². The molecule has 0 saturated carbocycles. The van der Waals surface area contributed by atoms with Crippen molar-refractivity contribution >= 4 is 40.1 Å². The summed E-state index contributed by atoms with van der Waals surface area (Å²) < 4.78 is 0. The standard InChI is InChI=1S/C13H9N3O4S/c1-6-8(5-11-12(17)15-13(18)21-11)9-4-7(16(19)20)2-3-10(9)14-6/h2-5,17H,1H3,(H,15,18). The monoisotopic (exact) mass is 303 g/mol. The molecule has 0 radical (unpaired) electrons. The highest BCUT2D eigenvalue weighted by Gasteiger charge is 2.21. The lowest BCUT2D eigenvalue weighted by molar-refractivity contribution is -0.384. The zero-order valence-corrected chi connectivity index (χ0v) is 11.6. The molecule has 2 heterocycles. The highest BCUT2D eigenvalue weighted by molar-refractivity contribution is 7.10. The minimum absolute atomic E-state index is 0.0315. The van der Waals surface area contributed by atoms with E-state index in [1.54, 1.807) is 19.1 Å². The first-order chi connectivity index (χ1) is 9.95. The topological polar surface area (TPSA) is 109 Å². The van der Waals surface area contributed by atoms with Gasteiger partial charge in [-0.25, -0.2) is 0 Å². The predicted molar refractivity (Wildman–Crippen MR) is 80.3 cm³/mol. The number of aliphatic imine (C=N–C) groups is 1. The van der Waals surface area contributed by atoms with Crippen LogP contribution < -0.4 is 4.87 Å². The smallest absolute Gasteiger partial charge is 0.307 e. The van der Waals surface area contributed by atoms with Gasteiger partial charge in [-0.15, -0.1) is 0 Å². The molecule has 8 heteroatoms. The Balaban J connectivity index is 2.16. The molecule has 0 saturated heterocycles. The van der Waals surface area contributed by atoms with Crippen molar-refractivity contribution in [3.8, 4) is 5.88 Å². The van der Waals surface area contributed by atoms with Crippen LogP contribution in [-0.4, -0.2) is 20.7 Å². The summed E-state index contributed by atoms with van der Waals surface area (Å²) in [4.78, 5) is 28.2. The zero-order chi connectivity index (χ0) is 15.1. The van der Waals surface area contributed by atoms with Crippen LogP contribution in [0.15, 0.2) is 28.0 Å². The molecule has 7 nitrogen and oxygen atoms in total. The number of aromatic nitrogens is 1. The molecule has 0 fully saturated rings. The van der Waals surface area contributed by atoms with E-state index in [1.165, 1.54) is 12.1 Å². The zero-order valence-electron chi connectivity index (χ0n) is 10.8. The predicted octanol–water partition coefficient (Wildman–Crippen LogP) is 2.70. The fourth-order valence-electron chi connectivity index (χ4n) is 2.13. The summed E-state index contributed by atoms with van der Waals surface area (Å²) in [7, 11) is 0. The number of hydrogen-bond acceptors (Lipinski definition) is 6. The van der Waals surface area contributed by atoms with Crippen LogP contribution in [-0.2, 0) is 0 Å². The molecule has 0 unspecified atom stereocenters. The van der Waals surface area contributed by atoms with Gasteiger partial charge in [-0.1, -0.05) is 11.3 Å². The first kappa shape index (κ1) is 13.3. The van der Waals surface area contributed by atoms with Gasteiger partial charge in [0.25, 0.3) is 5.69 Å². The number of nitrogens with one attached hydrogen (secondary N) is 1. The fraction of sp³-hybridized carbons (Fsp3) is 0.0769. The third-order valence-electron chi connectivity index (χ3n) is 3.09. The molecule has 0 aliphatic carbocycles. The van der Waals surface area contributed by atoms with E-state index in [4.69, 9.17) is 0 Å². The summed E-state index contributed by atoms with van der Waals surface area (Å²) in [5.41, 5.74) is 2.54. The Kier molecular flexibility index (Phi) is 2.95. The Hall–Kier alpha value is -2.74. The normalized spacial score (nSPS) is 15.1. The second kappa shape index (κ2) is 4.67. The Labute approximate surface area is 122 Å². The van der Waals surface area contributed by atoms with E-state index in [2.05, 4.69) is 9.98 Å². The highest BCUT2D eigenvalue weighted by atomic mass is 32.1. The molecule has 2 aromatic rings. The number of aromatic amines is 1. The van der Waals surface area contributed by atoms with E-state index in [9.17, 15) is 20.0 Å². The van der Waals surface area contributed by atoms with Gasteiger partial charge < -0.3 is 5.11 Å². The number of allylic oxidation sites excluding steroid dienone is 1. The summed E-state index contributed by atoms with van der Waals surface area (Å²) in [6.45, 7) is 1.77. The average Bonchev–Trinajstić information content (AvgIpc) is 2.90. The lowest BCUT2D eigenvalue weighted by Gasteiger charge is -2.01. The Bertz CT molecular complexity index is 876. The maximum absolute atomic E-state index is 11.2. The van der Waals surface area contributed by atoms with E-state index in [0.717, 1.165) is 11.3 Å². The van der Waals surface area contributed by atoms with Crippen molar-refractivity contribution in [3.63, 3.8) is 0 Å². The number of rotatable bonds is 2. The average molecular weight is 303 g/mol. The quantitative estimate of drug-likeness (QED) is 0.656. The lowest BCUT2D eigenvalue weighted by Crippen LogP contribution is -1.92. The van der Waals surface area contributed by atoms with Crippen molar-refractivity contribution in [2.45, 2.75) is 6.92 Å². The van der Waals surface area contributed by atoms with Gasteiger partial charge in [0.2, 0.25) is 5.88 Å². The van der Waals surface area contributed by atoms with Crippen LogP contribution in [0.4, 0.5) is 11.4 Å². The van der Waals surface area contributed by atoms with Gasteiger partial charge in [0.1, 0.15) is 0 Å². The second-order valence-corrected chi connectivity index (χ2v) is 5.46. The summed E-state index contributed by atoms with van der Waals surface area (Å²) in [6.07, 6.45) is 1.60. The lowest BCUT2D eigenvalue weighted by atomic mass is 10.0. The molecule has 0 amide bonds. The minimum Gasteiger partial charge on any atom is -0.493 e. The largest absolute Gasteiger partial charge is 0.493 e. The summed E-state index contributed by atoms with van der Waals surface area (Å²) in [5.74, 6) is -0.218. The first-order valence-electron chi connectivity index (χ1n) is 5.94. The highest BCUT2D eigenvalue weighted by Crippen LogP contribution is 2.38. The molecule has 1 aliphatic rings. The molecule has 2 N–H and O–H groups in total. The SMILES string of the molecule is CC1=Nc2ccc([N+](=O)[O-])cc2C1=Cc1sc(=O)[nH]c1O. The van der Waals surface area contributed by atoms with Crippen LogP contribution >= 0.6 is 11.3 Å². The summed E-state index contributed by atoms with van der Waals surface area (Å²) >= 11 is 0.862. The van der Waals surface area contributed by atoms with Crippen LogP contribution in [0.2, 0.25) is 0 Å². The van der Waals surface area contributed by atoms with Crippen molar-refractivity contribution < 1.29 is 10.0 Å². The minimum atomic E-state index is -0.475. The van der Waals surface area contributed by atoms with E-state index in [1.807, 2.05) is 0 Å². The number of H-pyrrole nitrogens is 1. The van der Waals surface area contributed by atoms with Gasteiger partial charge in [-0.3, -0.25) is 24.9 Å². The molecule has 0 spiro atoms. The molecule has 106 valence electrons. The van der Waals surface area contributed by atoms with Gasteiger partial charge >= 0.3 is 4.87 Å². The maximum atomic E-state index is 11.2. The van der Waals surface area contributed by atoms with E-state index in [0.29, 0.717) is 27.4 Å². The van der Waals surface area contributed by atoms with Crippen LogP contribution in [0.3, 0.4) is 0 Å². The number of nitro groups is 1. The Morgan fingerprint density at radius 3 is 2.86 bits per heavy atom. The molecule has 0 atom stereocenters. The molecule has 1 aliphatic heterocycles. The summed E-state index contributed by atoms with van der Waals surface area (Å²) in [6, 6.07) is 4.41. The number of fused-ring (bicyclic) bond motifs is 1.